The first kappa shape index (κ1) is 21.3. The van der Waals surface area contributed by atoms with Gasteiger partial charge in [-0.1, -0.05) is 11.6 Å². The summed E-state index contributed by atoms with van der Waals surface area (Å²) in [7, 11) is 1.83. The van der Waals surface area contributed by atoms with Crippen LogP contribution in [0.15, 0.2) is 42.6 Å². The Balaban J connectivity index is 1.63. The largest absolute Gasteiger partial charge is 0.384 e. The van der Waals surface area contributed by atoms with E-state index in [4.69, 9.17) is 16.3 Å². The topological polar surface area (TPSA) is 64.4 Å². The molecule has 1 aliphatic rings. The van der Waals surface area contributed by atoms with E-state index >= 15 is 0 Å². The van der Waals surface area contributed by atoms with Crippen molar-refractivity contribution >= 4 is 39.6 Å². The lowest BCUT2D eigenvalue weighted by molar-refractivity contribution is 0.0398. The average molecular weight is 440 g/mol. The van der Waals surface area contributed by atoms with Gasteiger partial charge in [0.25, 0.3) is 0 Å². The lowest BCUT2D eigenvalue weighted by atomic mass is 10.1. The first-order chi connectivity index (χ1) is 15.1. The molecular formula is C23H23ClFN5O. The number of anilines is 3. The highest BCUT2D eigenvalue weighted by atomic mass is 35.5. The number of hydrogen-bond acceptors (Lipinski definition) is 6. The number of rotatable bonds is 6. The van der Waals surface area contributed by atoms with Crippen LogP contribution in [0.4, 0.5) is 21.5 Å². The van der Waals surface area contributed by atoms with E-state index in [0.717, 1.165) is 56.0 Å². The molecule has 0 atom stereocenters. The third-order valence-corrected chi connectivity index (χ3v) is 5.74. The van der Waals surface area contributed by atoms with Crippen molar-refractivity contribution in [3.8, 4) is 6.07 Å². The summed E-state index contributed by atoms with van der Waals surface area (Å²) in [5.41, 5.74) is 3.53. The van der Waals surface area contributed by atoms with Gasteiger partial charge in [0.1, 0.15) is 11.9 Å². The average Bonchev–Trinajstić information content (AvgIpc) is 2.80. The van der Waals surface area contributed by atoms with E-state index in [1.807, 2.05) is 30.1 Å². The van der Waals surface area contributed by atoms with Gasteiger partial charge in [-0.2, -0.15) is 5.26 Å². The van der Waals surface area contributed by atoms with E-state index in [0.29, 0.717) is 16.9 Å². The Morgan fingerprint density at radius 1 is 1.26 bits per heavy atom. The molecule has 31 heavy (non-hydrogen) atoms. The minimum Gasteiger partial charge on any atom is -0.384 e. The molecular weight excluding hydrogens is 417 g/mol. The molecule has 4 rings (SSSR count). The molecule has 1 aliphatic heterocycles. The van der Waals surface area contributed by atoms with Crippen LogP contribution in [0.1, 0.15) is 5.56 Å². The van der Waals surface area contributed by atoms with E-state index in [9.17, 15) is 9.65 Å². The molecule has 2 heterocycles. The number of fused-ring (bicyclic) bond motifs is 1. The van der Waals surface area contributed by atoms with Crippen molar-refractivity contribution in [2.24, 2.45) is 0 Å². The highest BCUT2D eigenvalue weighted by molar-refractivity contribution is 6.31. The number of nitriles is 1. The fraction of sp³-hybridized carbons (Fsp3) is 0.304. The molecule has 0 amide bonds. The third kappa shape index (κ3) is 4.72. The van der Waals surface area contributed by atoms with Gasteiger partial charge < -0.3 is 15.0 Å². The molecule has 0 radical (unpaired) electrons. The normalized spacial score (nSPS) is 14.4. The van der Waals surface area contributed by atoms with Crippen LogP contribution in [0.5, 0.6) is 0 Å². The molecule has 0 unspecified atom stereocenters. The number of benzene rings is 2. The Morgan fingerprint density at radius 2 is 2.06 bits per heavy atom. The van der Waals surface area contributed by atoms with E-state index in [1.165, 1.54) is 6.07 Å². The van der Waals surface area contributed by atoms with Crippen LogP contribution >= 0.6 is 11.6 Å². The van der Waals surface area contributed by atoms with Crippen LogP contribution < -0.4 is 10.2 Å². The molecule has 1 saturated heterocycles. The van der Waals surface area contributed by atoms with Gasteiger partial charge in [-0.25, -0.2) is 4.39 Å². The Morgan fingerprint density at radius 3 is 2.81 bits per heavy atom. The zero-order chi connectivity index (χ0) is 21.8. The van der Waals surface area contributed by atoms with Gasteiger partial charge in [0.15, 0.2) is 0 Å². The van der Waals surface area contributed by atoms with Crippen LogP contribution in [-0.2, 0) is 4.74 Å². The number of nitrogens with one attached hydrogen (secondary N) is 1. The maximum atomic E-state index is 13.6. The first-order valence-electron chi connectivity index (χ1n) is 10.1. The minimum absolute atomic E-state index is 0.0340. The van der Waals surface area contributed by atoms with E-state index in [-0.39, 0.29) is 5.02 Å². The van der Waals surface area contributed by atoms with Crippen molar-refractivity contribution in [3.63, 3.8) is 0 Å². The summed E-state index contributed by atoms with van der Waals surface area (Å²) >= 11 is 5.98. The monoisotopic (exact) mass is 439 g/mol. The Labute approximate surface area is 185 Å². The third-order valence-electron chi connectivity index (χ3n) is 5.45. The molecule has 0 spiro atoms. The summed E-state index contributed by atoms with van der Waals surface area (Å²) in [5.74, 6) is -0.481. The SMILES string of the molecule is CN(c1ccc(F)c(Cl)c1)c1c(C#N)cnc2ccc(NCCN3CCOCC3)cc12. The zero-order valence-corrected chi connectivity index (χ0v) is 18.0. The molecule has 1 fully saturated rings. The number of pyridine rings is 1. The van der Waals surface area contributed by atoms with Gasteiger partial charge in [0, 0.05) is 56.2 Å². The van der Waals surface area contributed by atoms with E-state index in [1.54, 1.807) is 18.3 Å². The number of halogens is 2. The van der Waals surface area contributed by atoms with Gasteiger partial charge in [-0.05, 0) is 36.4 Å². The van der Waals surface area contributed by atoms with Crippen LogP contribution in [-0.4, -0.2) is 56.3 Å². The Bertz CT molecular complexity index is 1130. The second kappa shape index (κ2) is 9.48. The molecule has 0 aliphatic carbocycles. The van der Waals surface area contributed by atoms with Crippen molar-refractivity contribution in [1.29, 1.82) is 5.26 Å². The van der Waals surface area contributed by atoms with Crippen molar-refractivity contribution in [3.05, 3.63) is 59.0 Å². The predicted octanol–water partition coefficient (Wildman–Crippen LogP) is 4.41. The summed E-state index contributed by atoms with van der Waals surface area (Å²) in [4.78, 5) is 8.63. The molecule has 1 N–H and O–H groups in total. The smallest absolute Gasteiger partial charge is 0.141 e. The second-order valence-electron chi connectivity index (χ2n) is 7.40. The Kier molecular flexibility index (Phi) is 6.52. The van der Waals surface area contributed by atoms with Gasteiger partial charge >= 0.3 is 0 Å². The van der Waals surface area contributed by atoms with Gasteiger partial charge in [0.2, 0.25) is 0 Å². The fourth-order valence-corrected chi connectivity index (χ4v) is 3.91. The zero-order valence-electron chi connectivity index (χ0n) is 17.2. The molecule has 6 nitrogen and oxygen atoms in total. The van der Waals surface area contributed by atoms with Crippen LogP contribution in [0.25, 0.3) is 10.9 Å². The lowest BCUT2D eigenvalue weighted by Gasteiger charge is -2.26. The molecule has 1 aromatic heterocycles. The van der Waals surface area contributed by atoms with Crippen LogP contribution in [0, 0.1) is 17.1 Å². The fourth-order valence-electron chi connectivity index (χ4n) is 3.74. The van der Waals surface area contributed by atoms with Crippen molar-refractivity contribution < 1.29 is 9.13 Å². The van der Waals surface area contributed by atoms with Crippen molar-refractivity contribution in [2.45, 2.75) is 0 Å². The standard InChI is InChI=1S/C23H23ClFN5O/c1-29(18-3-4-21(25)20(24)13-18)23-16(14-26)15-28-22-5-2-17(12-19(22)23)27-6-7-30-8-10-31-11-9-30/h2-5,12-13,15,27H,6-11H2,1H3. The highest BCUT2D eigenvalue weighted by Crippen LogP contribution is 2.35. The molecule has 8 heteroatoms. The molecule has 2 aromatic carbocycles. The summed E-state index contributed by atoms with van der Waals surface area (Å²) in [6, 6.07) is 12.6. The second-order valence-corrected chi connectivity index (χ2v) is 7.81. The summed E-state index contributed by atoms with van der Waals surface area (Å²) < 4.78 is 19.0. The van der Waals surface area contributed by atoms with Crippen molar-refractivity contribution in [1.82, 2.24) is 9.88 Å². The number of aromatic nitrogens is 1. The predicted molar refractivity (Wildman–Crippen MR) is 122 cm³/mol. The number of hydrogen-bond donors (Lipinski definition) is 1. The van der Waals surface area contributed by atoms with E-state index < -0.39 is 5.82 Å². The maximum absolute atomic E-state index is 13.6. The summed E-state index contributed by atoms with van der Waals surface area (Å²) in [6.07, 6.45) is 1.56. The maximum Gasteiger partial charge on any atom is 0.141 e. The van der Waals surface area contributed by atoms with Gasteiger partial charge in [0.05, 0.1) is 35.0 Å². The van der Waals surface area contributed by atoms with Gasteiger partial charge in [-0.15, -0.1) is 0 Å². The number of ether oxygens (including phenoxy) is 1. The van der Waals surface area contributed by atoms with Crippen LogP contribution in [0.3, 0.4) is 0 Å². The van der Waals surface area contributed by atoms with Crippen molar-refractivity contribution in [2.75, 3.05) is 56.7 Å². The molecule has 0 bridgehead atoms. The molecule has 3 aromatic rings. The van der Waals surface area contributed by atoms with Crippen LogP contribution in [0.2, 0.25) is 5.02 Å². The molecule has 160 valence electrons. The van der Waals surface area contributed by atoms with Gasteiger partial charge in [-0.3, -0.25) is 9.88 Å². The summed E-state index contributed by atoms with van der Waals surface area (Å²) in [5, 5.41) is 14.0. The number of morpholine rings is 1. The number of nitrogens with zero attached hydrogens (tertiary/aromatic N) is 4. The quantitative estimate of drug-likeness (QED) is 0.613. The molecule has 0 saturated carbocycles. The minimum atomic E-state index is -0.481. The first-order valence-corrected chi connectivity index (χ1v) is 10.5. The lowest BCUT2D eigenvalue weighted by Crippen LogP contribution is -2.38. The summed E-state index contributed by atoms with van der Waals surface area (Å²) in [6.45, 7) is 5.19. The highest BCUT2D eigenvalue weighted by Gasteiger charge is 2.16. The van der Waals surface area contributed by atoms with E-state index in [2.05, 4.69) is 21.3 Å². The Hall–Kier alpha value is -2.92.